The van der Waals surface area contributed by atoms with Gasteiger partial charge in [-0.05, 0) is 13.0 Å². The monoisotopic (exact) mass is 221 g/mol. The van der Waals surface area contributed by atoms with Crippen LogP contribution < -0.4 is 4.74 Å². The van der Waals surface area contributed by atoms with Gasteiger partial charge in [-0.2, -0.15) is 0 Å². The predicted octanol–water partition coefficient (Wildman–Crippen LogP) is 1.67. The van der Waals surface area contributed by atoms with Gasteiger partial charge in [0, 0.05) is 12.0 Å². The van der Waals surface area contributed by atoms with Crippen LogP contribution in [-0.4, -0.2) is 24.2 Å². The Labute approximate surface area is 94.3 Å². The van der Waals surface area contributed by atoms with Crippen molar-refractivity contribution in [3.63, 3.8) is 0 Å². The Morgan fingerprint density at radius 1 is 1.56 bits per heavy atom. The van der Waals surface area contributed by atoms with Gasteiger partial charge in [0.25, 0.3) is 0 Å². The first-order chi connectivity index (χ1) is 7.68. The van der Waals surface area contributed by atoms with Crippen molar-refractivity contribution in [1.82, 2.24) is 0 Å². The van der Waals surface area contributed by atoms with Crippen LogP contribution in [0.3, 0.4) is 0 Å². The second-order valence-electron chi connectivity index (χ2n) is 3.72. The molecule has 0 aliphatic carbocycles. The normalized spacial score (nSPS) is 23.1. The van der Waals surface area contributed by atoms with Gasteiger partial charge < -0.3 is 14.6 Å². The number of fused-ring (bicyclic) bond motifs is 1. The molecule has 2 rings (SSSR count). The third-order valence-corrected chi connectivity index (χ3v) is 2.72. The Hall–Kier alpha value is -1.55. The smallest absolute Gasteiger partial charge is 0.218 e. The minimum absolute atomic E-state index is 0.106. The minimum atomic E-state index is -1.34. The number of hydrogen-bond donors (Lipinski definition) is 2. The molecule has 0 spiro atoms. The largest absolute Gasteiger partial charge is 0.493 e. The van der Waals surface area contributed by atoms with E-state index in [2.05, 4.69) is 0 Å². The van der Waals surface area contributed by atoms with Crippen LogP contribution in [-0.2, 0) is 10.3 Å². The van der Waals surface area contributed by atoms with E-state index >= 15 is 0 Å². The summed E-state index contributed by atoms with van der Waals surface area (Å²) in [6.07, 6.45) is 0.350. The van der Waals surface area contributed by atoms with Gasteiger partial charge in [-0.25, -0.2) is 0 Å². The van der Waals surface area contributed by atoms with Crippen LogP contribution in [0.15, 0.2) is 24.3 Å². The summed E-state index contributed by atoms with van der Waals surface area (Å²) in [5.41, 5.74) is -0.732. The summed E-state index contributed by atoms with van der Waals surface area (Å²) < 4.78 is 10.6. The molecule has 4 nitrogen and oxygen atoms in total. The number of ether oxygens (including phenoxy) is 2. The topological polar surface area (TPSA) is 62.5 Å². The molecule has 1 aliphatic rings. The van der Waals surface area contributed by atoms with Crippen LogP contribution >= 0.6 is 0 Å². The highest BCUT2D eigenvalue weighted by Gasteiger charge is 2.41. The van der Waals surface area contributed by atoms with E-state index < -0.39 is 5.60 Å². The Morgan fingerprint density at radius 3 is 3.06 bits per heavy atom. The summed E-state index contributed by atoms with van der Waals surface area (Å²) in [6, 6.07) is 7.22. The van der Waals surface area contributed by atoms with Gasteiger partial charge >= 0.3 is 0 Å². The molecule has 0 amide bonds. The average Bonchev–Trinajstić information content (AvgIpc) is 2.30. The quantitative estimate of drug-likeness (QED) is 0.590. The van der Waals surface area contributed by atoms with Gasteiger partial charge in [0.15, 0.2) is 5.60 Å². The number of rotatable bonds is 2. The van der Waals surface area contributed by atoms with E-state index in [4.69, 9.17) is 14.9 Å². The van der Waals surface area contributed by atoms with Crippen molar-refractivity contribution in [2.45, 2.75) is 18.9 Å². The van der Waals surface area contributed by atoms with Crippen molar-refractivity contribution in [3.8, 4) is 5.75 Å². The summed E-state index contributed by atoms with van der Waals surface area (Å²) in [5.74, 6) is 0.520. The molecular formula is C12H15NO3. The van der Waals surface area contributed by atoms with Gasteiger partial charge in [-0.15, -0.1) is 0 Å². The third-order valence-electron chi connectivity index (χ3n) is 2.72. The fourth-order valence-corrected chi connectivity index (χ4v) is 1.88. The highest BCUT2D eigenvalue weighted by atomic mass is 16.5. The Morgan fingerprint density at radius 2 is 2.31 bits per heavy atom. The zero-order valence-electron chi connectivity index (χ0n) is 9.19. The molecule has 1 aliphatic heterocycles. The first kappa shape index (κ1) is 11.0. The standard InChI is InChI=1S/C12H15NO3/c1-2-15-11(13)12(14)7-8-16-10-6-4-3-5-9(10)12/h3-6,13-14H,2,7-8H2,1H3. The van der Waals surface area contributed by atoms with Crippen molar-refractivity contribution >= 4 is 5.90 Å². The third kappa shape index (κ3) is 1.65. The van der Waals surface area contributed by atoms with Crippen LogP contribution in [0.1, 0.15) is 18.9 Å². The predicted molar refractivity (Wildman–Crippen MR) is 59.8 cm³/mol. The molecule has 1 heterocycles. The molecule has 0 aromatic heterocycles. The summed E-state index contributed by atoms with van der Waals surface area (Å²) in [6.45, 7) is 2.57. The lowest BCUT2D eigenvalue weighted by molar-refractivity contribution is 0.0353. The van der Waals surface area contributed by atoms with E-state index in [9.17, 15) is 5.11 Å². The maximum atomic E-state index is 10.5. The minimum Gasteiger partial charge on any atom is -0.493 e. The van der Waals surface area contributed by atoms with Gasteiger partial charge in [0.2, 0.25) is 5.90 Å². The highest BCUT2D eigenvalue weighted by Crippen LogP contribution is 2.37. The molecule has 4 heteroatoms. The number of para-hydroxylation sites is 1. The molecule has 1 atom stereocenters. The SMILES string of the molecule is CCOC(=N)C1(O)CCOc2ccccc21. The number of nitrogens with one attached hydrogen (secondary N) is 1. The molecule has 2 N–H and O–H groups in total. The van der Waals surface area contributed by atoms with Gasteiger partial charge in [-0.3, -0.25) is 5.41 Å². The van der Waals surface area contributed by atoms with Crippen LogP contribution in [0.4, 0.5) is 0 Å². The zero-order valence-corrected chi connectivity index (χ0v) is 9.19. The molecule has 86 valence electrons. The first-order valence-corrected chi connectivity index (χ1v) is 5.35. The van der Waals surface area contributed by atoms with Crippen LogP contribution in [0.25, 0.3) is 0 Å². The van der Waals surface area contributed by atoms with Gasteiger partial charge in [-0.1, -0.05) is 18.2 Å². The highest BCUT2D eigenvalue weighted by molar-refractivity contribution is 5.84. The Balaban J connectivity index is 2.40. The lowest BCUT2D eigenvalue weighted by Crippen LogP contribution is -2.41. The van der Waals surface area contributed by atoms with E-state index in [1.165, 1.54) is 0 Å². The van der Waals surface area contributed by atoms with E-state index in [1.807, 2.05) is 12.1 Å². The number of hydrogen-bond acceptors (Lipinski definition) is 4. The molecule has 1 unspecified atom stereocenters. The molecule has 1 aromatic carbocycles. The molecule has 0 bridgehead atoms. The lowest BCUT2D eigenvalue weighted by atomic mass is 9.88. The fourth-order valence-electron chi connectivity index (χ4n) is 1.88. The van der Waals surface area contributed by atoms with E-state index in [1.54, 1.807) is 19.1 Å². The summed E-state index contributed by atoms with van der Waals surface area (Å²) in [5, 5.41) is 18.3. The van der Waals surface area contributed by atoms with Gasteiger partial charge in [0.1, 0.15) is 5.75 Å². The molecule has 0 saturated carbocycles. The lowest BCUT2D eigenvalue weighted by Gasteiger charge is -2.33. The van der Waals surface area contributed by atoms with Crippen molar-refractivity contribution in [1.29, 1.82) is 5.41 Å². The van der Waals surface area contributed by atoms with E-state index in [-0.39, 0.29) is 5.90 Å². The molecule has 0 saturated heterocycles. The number of aliphatic hydroxyl groups is 1. The van der Waals surface area contributed by atoms with E-state index in [0.29, 0.717) is 30.9 Å². The summed E-state index contributed by atoms with van der Waals surface area (Å²) in [4.78, 5) is 0. The summed E-state index contributed by atoms with van der Waals surface area (Å²) in [7, 11) is 0. The maximum Gasteiger partial charge on any atom is 0.218 e. The average molecular weight is 221 g/mol. The van der Waals surface area contributed by atoms with E-state index in [0.717, 1.165) is 0 Å². The summed E-state index contributed by atoms with van der Waals surface area (Å²) >= 11 is 0. The van der Waals surface area contributed by atoms with Crippen molar-refractivity contribution in [2.24, 2.45) is 0 Å². The second-order valence-corrected chi connectivity index (χ2v) is 3.72. The first-order valence-electron chi connectivity index (χ1n) is 5.35. The molecule has 0 radical (unpaired) electrons. The van der Waals surface area contributed by atoms with Crippen LogP contribution in [0, 0.1) is 5.41 Å². The maximum absolute atomic E-state index is 10.5. The fraction of sp³-hybridized carbons (Fsp3) is 0.417. The second kappa shape index (κ2) is 4.14. The molecule has 1 aromatic rings. The Kier molecular flexibility index (Phi) is 2.83. The van der Waals surface area contributed by atoms with Crippen molar-refractivity contribution in [3.05, 3.63) is 29.8 Å². The van der Waals surface area contributed by atoms with Gasteiger partial charge in [0.05, 0.1) is 13.2 Å². The Bertz CT molecular complexity index is 405. The molecular weight excluding hydrogens is 206 g/mol. The molecule has 0 fully saturated rings. The van der Waals surface area contributed by atoms with Crippen molar-refractivity contribution < 1.29 is 14.6 Å². The van der Waals surface area contributed by atoms with Crippen molar-refractivity contribution in [2.75, 3.05) is 13.2 Å². The van der Waals surface area contributed by atoms with Crippen LogP contribution in [0.5, 0.6) is 5.75 Å². The van der Waals surface area contributed by atoms with Crippen LogP contribution in [0.2, 0.25) is 0 Å². The zero-order chi connectivity index (χ0) is 11.6. The molecule has 16 heavy (non-hydrogen) atoms. The number of benzene rings is 1.